The average Bonchev–Trinajstić information content (AvgIpc) is 2.95. The van der Waals surface area contributed by atoms with Crippen molar-refractivity contribution in [2.75, 3.05) is 0 Å². The van der Waals surface area contributed by atoms with E-state index in [0.717, 1.165) is 16.5 Å². The summed E-state index contributed by atoms with van der Waals surface area (Å²) in [5.41, 5.74) is 2.63. The molecule has 3 rings (SSSR count). The lowest BCUT2D eigenvalue weighted by Crippen LogP contribution is -2.26. The Balaban J connectivity index is 1.77. The lowest BCUT2D eigenvalue weighted by atomic mass is 10.1. The van der Waals surface area contributed by atoms with Crippen LogP contribution >= 0.6 is 11.6 Å². The summed E-state index contributed by atoms with van der Waals surface area (Å²) in [6.07, 6.45) is 1.86. The zero-order valence-corrected chi connectivity index (χ0v) is 12.3. The predicted octanol–water partition coefficient (Wildman–Crippen LogP) is 4.31. The Hall–Kier alpha value is -2.26. The number of H-pyrrole nitrogens is 1. The van der Waals surface area contributed by atoms with E-state index in [2.05, 4.69) is 10.3 Å². The van der Waals surface area contributed by atoms with Crippen molar-refractivity contribution in [2.45, 2.75) is 13.0 Å². The van der Waals surface area contributed by atoms with E-state index in [4.69, 9.17) is 11.6 Å². The van der Waals surface area contributed by atoms with E-state index in [1.54, 1.807) is 0 Å². The van der Waals surface area contributed by atoms with E-state index in [0.29, 0.717) is 10.6 Å². The quantitative estimate of drug-likeness (QED) is 0.743. The highest BCUT2D eigenvalue weighted by Gasteiger charge is 2.12. The molecule has 0 bridgehead atoms. The van der Waals surface area contributed by atoms with E-state index in [9.17, 15) is 4.79 Å². The van der Waals surface area contributed by atoms with Crippen LogP contribution in [0.2, 0.25) is 5.02 Å². The SMILES string of the molecule is CC(NC(=O)c1ccc2cc[nH]c2c1)c1ccc(Cl)cc1. The molecule has 2 N–H and O–H groups in total. The van der Waals surface area contributed by atoms with Crippen molar-refractivity contribution in [1.82, 2.24) is 10.3 Å². The molecule has 3 aromatic rings. The molecule has 2 aromatic carbocycles. The predicted molar refractivity (Wildman–Crippen MR) is 85.6 cm³/mol. The molecule has 1 unspecified atom stereocenters. The van der Waals surface area contributed by atoms with Gasteiger partial charge in [-0.25, -0.2) is 0 Å². The summed E-state index contributed by atoms with van der Waals surface area (Å²) >= 11 is 5.87. The van der Waals surface area contributed by atoms with Crippen LogP contribution in [0, 0.1) is 0 Å². The van der Waals surface area contributed by atoms with Crippen LogP contribution in [0.25, 0.3) is 10.9 Å². The minimum atomic E-state index is -0.0889. The molecular formula is C17H15ClN2O. The summed E-state index contributed by atoms with van der Waals surface area (Å²) in [6.45, 7) is 1.95. The number of benzene rings is 2. The van der Waals surface area contributed by atoms with Gasteiger partial charge in [0.1, 0.15) is 0 Å². The number of aromatic amines is 1. The Morgan fingerprint density at radius 2 is 1.90 bits per heavy atom. The van der Waals surface area contributed by atoms with Crippen LogP contribution < -0.4 is 5.32 Å². The summed E-state index contributed by atoms with van der Waals surface area (Å²) in [6, 6.07) is 15.0. The van der Waals surface area contributed by atoms with Crippen molar-refractivity contribution >= 4 is 28.4 Å². The first-order valence-corrected chi connectivity index (χ1v) is 7.15. The van der Waals surface area contributed by atoms with Crippen LogP contribution in [0.4, 0.5) is 0 Å². The highest BCUT2D eigenvalue weighted by Crippen LogP contribution is 2.18. The van der Waals surface area contributed by atoms with Crippen LogP contribution in [0.15, 0.2) is 54.7 Å². The number of nitrogens with one attached hydrogen (secondary N) is 2. The van der Waals surface area contributed by atoms with Crippen molar-refractivity contribution in [1.29, 1.82) is 0 Å². The Labute approximate surface area is 127 Å². The number of amides is 1. The topological polar surface area (TPSA) is 44.9 Å². The lowest BCUT2D eigenvalue weighted by Gasteiger charge is -2.14. The highest BCUT2D eigenvalue weighted by atomic mass is 35.5. The number of carbonyl (C=O) groups is 1. The smallest absolute Gasteiger partial charge is 0.251 e. The maximum atomic E-state index is 12.3. The fourth-order valence-corrected chi connectivity index (χ4v) is 2.43. The Kier molecular flexibility index (Phi) is 3.67. The second kappa shape index (κ2) is 5.62. The second-order valence-corrected chi connectivity index (χ2v) is 5.46. The summed E-state index contributed by atoms with van der Waals surface area (Å²) in [5.74, 6) is -0.0889. The molecule has 1 heterocycles. The van der Waals surface area contributed by atoms with E-state index in [-0.39, 0.29) is 11.9 Å². The molecule has 3 nitrogen and oxygen atoms in total. The molecule has 0 aliphatic carbocycles. The molecule has 0 saturated heterocycles. The molecule has 0 radical (unpaired) electrons. The minimum absolute atomic E-state index is 0.0749. The molecular weight excluding hydrogens is 284 g/mol. The number of aromatic nitrogens is 1. The Morgan fingerprint density at radius 1 is 1.14 bits per heavy atom. The maximum absolute atomic E-state index is 12.3. The second-order valence-electron chi connectivity index (χ2n) is 5.03. The van der Waals surface area contributed by atoms with Crippen LogP contribution in [-0.2, 0) is 0 Å². The van der Waals surface area contributed by atoms with Crippen LogP contribution in [-0.4, -0.2) is 10.9 Å². The van der Waals surface area contributed by atoms with Crippen molar-refractivity contribution in [2.24, 2.45) is 0 Å². The van der Waals surface area contributed by atoms with Gasteiger partial charge in [-0.2, -0.15) is 0 Å². The molecule has 0 fully saturated rings. The van der Waals surface area contributed by atoms with Gasteiger partial charge < -0.3 is 10.3 Å². The van der Waals surface area contributed by atoms with E-state index >= 15 is 0 Å². The third-order valence-corrected chi connectivity index (χ3v) is 3.79. The van der Waals surface area contributed by atoms with Gasteiger partial charge in [-0.1, -0.05) is 29.8 Å². The lowest BCUT2D eigenvalue weighted by molar-refractivity contribution is 0.0940. The van der Waals surface area contributed by atoms with E-state index in [1.165, 1.54) is 0 Å². The molecule has 1 atom stereocenters. The van der Waals surface area contributed by atoms with Gasteiger partial charge in [-0.15, -0.1) is 0 Å². The molecule has 21 heavy (non-hydrogen) atoms. The Bertz CT molecular complexity index is 777. The summed E-state index contributed by atoms with van der Waals surface area (Å²) in [4.78, 5) is 15.4. The van der Waals surface area contributed by atoms with Gasteiger partial charge in [-0.05, 0) is 48.2 Å². The third-order valence-electron chi connectivity index (χ3n) is 3.53. The number of fused-ring (bicyclic) bond motifs is 1. The first kappa shape index (κ1) is 13.7. The van der Waals surface area contributed by atoms with Gasteiger partial charge in [0, 0.05) is 22.3 Å². The third kappa shape index (κ3) is 2.93. The van der Waals surface area contributed by atoms with E-state index < -0.39 is 0 Å². The molecule has 106 valence electrons. The number of rotatable bonds is 3. The van der Waals surface area contributed by atoms with Crippen LogP contribution in [0.1, 0.15) is 28.9 Å². The molecule has 4 heteroatoms. The fraction of sp³-hybridized carbons (Fsp3) is 0.118. The van der Waals surface area contributed by atoms with Crippen molar-refractivity contribution in [3.63, 3.8) is 0 Å². The molecule has 1 aromatic heterocycles. The largest absolute Gasteiger partial charge is 0.361 e. The molecule has 0 aliphatic rings. The standard InChI is InChI=1S/C17H15ClN2O/c1-11(12-4-6-15(18)7-5-12)20-17(21)14-3-2-13-8-9-19-16(13)10-14/h2-11,19H,1H3,(H,20,21). The van der Waals surface area contributed by atoms with Gasteiger partial charge >= 0.3 is 0 Å². The number of hydrogen-bond donors (Lipinski definition) is 2. The fourth-order valence-electron chi connectivity index (χ4n) is 2.30. The summed E-state index contributed by atoms with van der Waals surface area (Å²) < 4.78 is 0. The number of halogens is 1. The molecule has 1 amide bonds. The van der Waals surface area contributed by atoms with Crippen molar-refractivity contribution in [3.8, 4) is 0 Å². The van der Waals surface area contributed by atoms with Gasteiger partial charge in [0.2, 0.25) is 0 Å². The monoisotopic (exact) mass is 298 g/mol. The minimum Gasteiger partial charge on any atom is -0.361 e. The van der Waals surface area contributed by atoms with Gasteiger partial charge in [0.15, 0.2) is 0 Å². The van der Waals surface area contributed by atoms with Crippen molar-refractivity contribution in [3.05, 3.63) is 70.9 Å². The van der Waals surface area contributed by atoms with Gasteiger partial charge in [0.25, 0.3) is 5.91 Å². The van der Waals surface area contributed by atoms with Crippen LogP contribution in [0.3, 0.4) is 0 Å². The number of hydrogen-bond acceptors (Lipinski definition) is 1. The first-order chi connectivity index (χ1) is 10.1. The van der Waals surface area contributed by atoms with Gasteiger partial charge in [-0.3, -0.25) is 4.79 Å². The first-order valence-electron chi connectivity index (χ1n) is 6.77. The highest BCUT2D eigenvalue weighted by molar-refractivity contribution is 6.30. The maximum Gasteiger partial charge on any atom is 0.251 e. The van der Waals surface area contributed by atoms with Crippen LogP contribution in [0.5, 0.6) is 0 Å². The summed E-state index contributed by atoms with van der Waals surface area (Å²) in [7, 11) is 0. The average molecular weight is 299 g/mol. The Morgan fingerprint density at radius 3 is 2.67 bits per heavy atom. The molecule has 0 aliphatic heterocycles. The van der Waals surface area contributed by atoms with E-state index in [1.807, 2.05) is 61.7 Å². The van der Waals surface area contributed by atoms with Gasteiger partial charge in [0.05, 0.1) is 6.04 Å². The zero-order chi connectivity index (χ0) is 14.8. The molecule has 0 spiro atoms. The number of carbonyl (C=O) groups excluding carboxylic acids is 1. The zero-order valence-electron chi connectivity index (χ0n) is 11.6. The molecule has 0 saturated carbocycles. The van der Waals surface area contributed by atoms with Crippen molar-refractivity contribution < 1.29 is 4.79 Å². The normalized spacial score (nSPS) is 12.3. The summed E-state index contributed by atoms with van der Waals surface area (Å²) in [5, 5.41) is 4.78.